The minimum absolute atomic E-state index is 0.260. The van der Waals surface area contributed by atoms with Crippen LogP contribution in [0.2, 0.25) is 0 Å². The Morgan fingerprint density at radius 2 is 1.75 bits per heavy atom. The monoisotopic (exact) mass is 380 g/mol. The van der Waals surface area contributed by atoms with E-state index < -0.39 is 5.97 Å². The molecule has 28 heavy (non-hydrogen) atoms. The first-order valence-electron chi connectivity index (χ1n) is 8.99. The Balaban J connectivity index is 1.56. The highest BCUT2D eigenvalue weighted by Crippen LogP contribution is 2.12. The lowest BCUT2D eigenvalue weighted by Crippen LogP contribution is -2.34. The van der Waals surface area contributed by atoms with Crippen LogP contribution in [-0.2, 0) is 16.1 Å². The number of hydrogen-bond acceptors (Lipinski definition) is 3. The summed E-state index contributed by atoms with van der Waals surface area (Å²) < 4.78 is 20.4. The fourth-order valence-electron chi connectivity index (χ4n) is 2.81. The molecule has 1 heterocycles. The predicted molar refractivity (Wildman–Crippen MR) is 104 cm³/mol. The van der Waals surface area contributed by atoms with Crippen LogP contribution >= 0.6 is 0 Å². The third-order valence-electron chi connectivity index (χ3n) is 4.33. The molecule has 0 aliphatic carbocycles. The van der Waals surface area contributed by atoms with Crippen LogP contribution in [0.1, 0.15) is 22.8 Å². The number of halogens is 1. The number of ether oxygens (including phenoxy) is 1. The van der Waals surface area contributed by atoms with Gasteiger partial charge in [0.2, 0.25) is 0 Å². The molecule has 1 aromatic heterocycles. The van der Waals surface area contributed by atoms with Crippen molar-refractivity contribution >= 4 is 11.9 Å². The molecule has 0 aliphatic heterocycles. The van der Waals surface area contributed by atoms with E-state index in [2.05, 4.69) is 0 Å². The summed E-state index contributed by atoms with van der Waals surface area (Å²) in [7, 11) is 0. The Hall–Kier alpha value is -3.41. The van der Waals surface area contributed by atoms with E-state index in [1.807, 2.05) is 36.0 Å². The average molecular weight is 380 g/mol. The van der Waals surface area contributed by atoms with Gasteiger partial charge >= 0.3 is 5.97 Å². The summed E-state index contributed by atoms with van der Waals surface area (Å²) in [6, 6.07) is 16.8. The van der Waals surface area contributed by atoms with Gasteiger partial charge in [-0.1, -0.05) is 12.1 Å². The molecule has 0 aliphatic rings. The summed E-state index contributed by atoms with van der Waals surface area (Å²) in [6.07, 6.45) is 3.81. The smallest absolute Gasteiger partial charge is 0.338 e. The molecule has 0 saturated carbocycles. The highest BCUT2D eigenvalue weighted by Gasteiger charge is 2.16. The van der Waals surface area contributed by atoms with E-state index in [9.17, 15) is 14.0 Å². The number of amides is 1. The lowest BCUT2D eigenvalue weighted by Gasteiger charge is -2.21. The zero-order valence-corrected chi connectivity index (χ0v) is 15.5. The van der Waals surface area contributed by atoms with Gasteiger partial charge in [-0.3, -0.25) is 4.79 Å². The van der Waals surface area contributed by atoms with Gasteiger partial charge in [0.05, 0.1) is 5.56 Å². The maximum absolute atomic E-state index is 13.3. The fourth-order valence-corrected chi connectivity index (χ4v) is 2.81. The highest BCUT2D eigenvalue weighted by molar-refractivity contribution is 5.91. The summed E-state index contributed by atoms with van der Waals surface area (Å²) in [5.41, 5.74) is 1.98. The molecule has 5 nitrogen and oxygen atoms in total. The first kappa shape index (κ1) is 19.4. The second-order valence-corrected chi connectivity index (χ2v) is 6.25. The van der Waals surface area contributed by atoms with E-state index in [4.69, 9.17) is 4.74 Å². The first-order valence-corrected chi connectivity index (χ1v) is 8.99. The first-order chi connectivity index (χ1) is 13.6. The number of nitrogens with zero attached hydrogens (tertiary/aromatic N) is 2. The molecule has 0 radical (unpaired) electrons. The number of carbonyl (C=O) groups is 2. The Bertz CT molecular complexity index is 937. The molecule has 0 saturated heterocycles. The van der Waals surface area contributed by atoms with E-state index in [1.165, 1.54) is 17.0 Å². The van der Waals surface area contributed by atoms with Gasteiger partial charge in [-0.15, -0.1) is 0 Å². The Morgan fingerprint density at radius 3 is 2.39 bits per heavy atom. The summed E-state index contributed by atoms with van der Waals surface area (Å²) in [5, 5.41) is 0. The van der Waals surface area contributed by atoms with Gasteiger partial charge in [0.1, 0.15) is 5.82 Å². The zero-order chi connectivity index (χ0) is 19.9. The second kappa shape index (κ2) is 8.99. The molecule has 0 N–H and O–H groups in total. The lowest BCUT2D eigenvalue weighted by molar-refractivity contribution is -0.134. The minimum atomic E-state index is -0.561. The number of hydrogen-bond donors (Lipinski definition) is 0. The Morgan fingerprint density at radius 1 is 1.04 bits per heavy atom. The van der Waals surface area contributed by atoms with Crippen LogP contribution in [0.25, 0.3) is 5.69 Å². The zero-order valence-electron chi connectivity index (χ0n) is 15.5. The van der Waals surface area contributed by atoms with Crippen molar-refractivity contribution in [3.05, 3.63) is 90.0 Å². The van der Waals surface area contributed by atoms with Gasteiger partial charge in [-0.05, 0) is 61.0 Å². The lowest BCUT2D eigenvalue weighted by atomic mass is 10.2. The summed E-state index contributed by atoms with van der Waals surface area (Å²) in [5.74, 6) is -1.24. The van der Waals surface area contributed by atoms with Crippen LogP contribution in [-0.4, -0.2) is 34.5 Å². The molecule has 0 unspecified atom stereocenters. The molecule has 0 atom stereocenters. The van der Waals surface area contributed by atoms with Crippen LogP contribution < -0.4 is 0 Å². The van der Waals surface area contributed by atoms with Crippen molar-refractivity contribution in [2.45, 2.75) is 13.5 Å². The SMILES string of the molecule is CCN(Cc1cccc(F)c1)C(=O)COC(=O)c1ccc(-n2cccc2)cc1. The van der Waals surface area contributed by atoms with Crippen LogP contribution in [0.15, 0.2) is 73.1 Å². The number of carbonyl (C=O) groups excluding carboxylic acids is 2. The maximum Gasteiger partial charge on any atom is 0.338 e. The number of aromatic nitrogens is 1. The molecule has 0 spiro atoms. The summed E-state index contributed by atoms with van der Waals surface area (Å²) in [6.45, 7) is 2.15. The van der Waals surface area contributed by atoms with Crippen LogP contribution in [0.3, 0.4) is 0 Å². The second-order valence-electron chi connectivity index (χ2n) is 6.25. The molecule has 1 amide bonds. The molecule has 144 valence electrons. The number of benzene rings is 2. The van der Waals surface area contributed by atoms with Crippen molar-refractivity contribution in [1.82, 2.24) is 9.47 Å². The third-order valence-corrected chi connectivity index (χ3v) is 4.33. The largest absolute Gasteiger partial charge is 0.452 e. The molecule has 3 rings (SSSR count). The van der Waals surface area contributed by atoms with Crippen molar-refractivity contribution in [1.29, 1.82) is 0 Å². The fraction of sp³-hybridized carbons (Fsp3) is 0.182. The van der Waals surface area contributed by atoms with Crippen molar-refractivity contribution in [3.63, 3.8) is 0 Å². The molecular weight excluding hydrogens is 359 g/mol. The van der Waals surface area contributed by atoms with Crippen molar-refractivity contribution in [3.8, 4) is 5.69 Å². The van der Waals surface area contributed by atoms with Crippen LogP contribution in [0, 0.1) is 5.82 Å². The number of rotatable bonds is 7. The van der Waals surface area contributed by atoms with Crippen LogP contribution in [0.4, 0.5) is 4.39 Å². The Kier molecular flexibility index (Phi) is 6.22. The molecule has 0 bridgehead atoms. The molecule has 2 aromatic carbocycles. The Labute approximate surface area is 163 Å². The van der Waals surface area contributed by atoms with E-state index in [1.54, 1.807) is 36.4 Å². The van der Waals surface area contributed by atoms with Crippen molar-refractivity contribution < 1.29 is 18.7 Å². The van der Waals surface area contributed by atoms with Crippen molar-refractivity contribution in [2.75, 3.05) is 13.2 Å². The van der Waals surface area contributed by atoms with Gasteiger partial charge in [0.25, 0.3) is 5.91 Å². The molecule has 3 aromatic rings. The van der Waals surface area contributed by atoms with Crippen LogP contribution in [0.5, 0.6) is 0 Å². The average Bonchev–Trinajstić information content (AvgIpc) is 3.25. The molecular formula is C22H21FN2O3. The third kappa shape index (κ3) is 4.85. The van der Waals surface area contributed by atoms with Gasteiger partial charge in [-0.2, -0.15) is 0 Å². The summed E-state index contributed by atoms with van der Waals surface area (Å²) >= 11 is 0. The van der Waals surface area contributed by atoms with E-state index in [0.29, 0.717) is 17.7 Å². The minimum Gasteiger partial charge on any atom is -0.452 e. The van der Waals surface area contributed by atoms with Crippen molar-refractivity contribution in [2.24, 2.45) is 0 Å². The number of esters is 1. The number of likely N-dealkylation sites (N-methyl/N-ethyl adjacent to an activating group) is 1. The quantitative estimate of drug-likeness (QED) is 0.586. The normalized spacial score (nSPS) is 10.5. The molecule has 0 fully saturated rings. The summed E-state index contributed by atoms with van der Waals surface area (Å²) in [4.78, 5) is 26.1. The molecule has 6 heteroatoms. The van der Waals surface area contributed by atoms with Gasteiger partial charge < -0.3 is 14.2 Å². The van der Waals surface area contributed by atoms with Gasteiger partial charge in [0.15, 0.2) is 6.61 Å². The highest BCUT2D eigenvalue weighted by atomic mass is 19.1. The topological polar surface area (TPSA) is 51.5 Å². The standard InChI is InChI=1S/C22H21FN2O3/c1-2-24(15-17-6-5-7-19(23)14-17)21(26)16-28-22(27)18-8-10-20(11-9-18)25-12-3-4-13-25/h3-14H,2,15-16H2,1H3. The van der Waals surface area contributed by atoms with Gasteiger partial charge in [0, 0.05) is 31.2 Å². The van der Waals surface area contributed by atoms with E-state index in [0.717, 1.165) is 5.69 Å². The predicted octanol–water partition coefficient (Wildman–Crippen LogP) is 3.82. The van der Waals surface area contributed by atoms with E-state index >= 15 is 0 Å². The van der Waals surface area contributed by atoms with Gasteiger partial charge in [-0.25, -0.2) is 9.18 Å². The maximum atomic E-state index is 13.3. The van der Waals surface area contributed by atoms with E-state index in [-0.39, 0.29) is 24.9 Å².